The number of carboxylic acids is 1. The maximum Gasteiger partial charge on any atom is 0.307 e. The van der Waals surface area contributed by atoms with E-state index in [1.807, 2.05) is 30.3 Å². The molecule has 4 nitrogen and oxygen atoms in total. The Balaban J connectivity index is 0.00000256. The van der Waals surface area contributed by atoms with E-state index in [-0.39, 0.29) is 35.5 Å². The van der Waals surface area contributed by atoms with E-state index in [4.69, 9.17) is 0 Å². The van der Waals surface area contributed by atoms with Crippen LogP contribution in [0.2, 0.25) is 0 Å². The van der Waals surface area contributed by atoms with Crippen molar-refractivity contribution in [3.63, 3.8) is 0 Å². The highest BCUT2D eigenvalue weighted by Crippen LogP contribution is 2.30. The van der Waals surface area contributed by atoms with Crippen molar-refractivity contribution in [3.05, 3.63) is 82.2 Å². The van der Waals surface area contributed by atoms with Crippen LogP contribution in [-0.4, -0.2) is 21.0 Å². The van der Waals surface area contributed by atoms with Crippen LogP contribution in [0.3, 0.4) is 0 Å². The molecule has 0 amide bonds. The van der Waals surface area contributed by atoms with Gasteiger partial charge in [-0.05, 0) is 11.1 Å². The minimum atomic E-state index is -1.29. The van der Waals surface area contributed by atoms with Gasteiger partial charge in [-0.1, -0.05) is 36.4 Å². The summed E-state index contributed by atoms with van der Waals surface area (Å²) in [6.07, 6.45) is 1.54. The molecule has 4 rings (SSSR count). The number of benzene rings is 2. The first-order valence-corrected chi connectivity index (χ1v) is 9.42. The van der Waals surface area contributed by atoms with Gasteiger partial charge in [-0.15, -0.1) is 23.7 Å². The Morgan fingerprint density at radius 3 is 2.50 bits per heavy atom. The van der Waals surface area contributed by atoms with Gasteiger partial charge in [-0.3, -0.25) is 9.78 Å². The Morgan fingerprint density at radius 1 is 1.07 bits per heavy atom. The summed E-state index contributed by atoms with van der Waals surface area (Å²) >= 11 is 0.925. The number of rotatable bonds is 5. The van der Waals surface area contributed by atoms with Crippen molar-refractivity contribution in [1.29, 1.82) is 0 Å². The summed E-state index contributed by atoms with van der Waals surface area (Å²) in [5.74, 6) is -4.34. The molecule has 0 aliphatic rings. The normalized spacial score (nSPS) is 10.8. The molecule has 0 atom stereocenters. The number of carbonyl (C=O) groups is 1. The van der Waals surface area contributed by atoms with Gasteiger partial charge in [0, 0.05) is 24.2 Å². The van der Waals surface area contributed by atoms with Gasteiger partial charge in [-0.25, -0.2) is 18.2 Å². The zero-order valence-corrected chi connectivity index (χ0v) is 16.9. The van der Waals surface area contributed by atoms with E-state index in [0.717, 1.165) is 16.9 Å². The molecule has 0 radical (unpaired) electrons. The van der Waals surface area contributed by atoms with Crippen LogP contribution in [0.25, 0.3) is 21.5 Å². The Kier molecular flexibility index (Phi) is 6.38. The number of hydrogen-bond donors (Lipinski definition) is 1. The molecule has 0 saturated heterocycles. The summed E-state index contributed by atoms with van der Waals surface area (Å²) < 4.78 is 41.2. The van der Waals surface area contributed by atoms with Crippen molar-refractivity contribution >= 4 is 39.9 Å². The van der Waals surface area contributed by atoms with Crippen LogP contribution in [-0.2, 0) is 17.6 Å². The summed E-state index contributed by atoms with van der Waals surface area (Å²) in [5.41, 5.74) is 2.16. The highest BCUT2D eigenvalue weighted by molar-refractivity contribution is 7.18. The fraction of sp³-hybridized carbons (Fsp3) is 0.0952. The number of fused-ring (bicyclic) bond motifs is 1. The molecule has 2 heterocycles. The van der Waals surface area contributed by atoms with E-state index in [2.05, 4.69) is 9.97 Å². The van der Waals surface area contributed by atoms with Crippen LogP contribution in [0.4, 0.5) is 13.2 Å². The molecule has 0 fully saturated rings. The van der Waals surface area contributed by atoms with Crippen molar-refractivity contribution in [2.75, 3.05) is 0 Å². The van der Waals surface area contributed by atoms with Gasteiger partial charge in [0.15, 0.2) is 11.6 Å². The number of halogens is 4. The second-order valence-electron chi connectivity index (χ2n) is 6.40. The quantitative estimate of drug-likeness (QED) is 0.413. The van der Waals surface area contributed by atoms with Crippen LogP contribution < -0.4 is 0 Å². The Hall–Kier alpha value is -2.97. The number of thiazole rings is 1. The third-order valence-corrected chi connectivity index (χ3v) is 5.39. The lowest BCUT2D eigenvalue weighted by Gasteiger charge is -2.09. The van der Waals surface area contributed by atoms with E-state index < -0.39 is 23.4 Å². The Bertz CT molecular complexity index is 1230. The lowest BCUT2D eigenvalue weighted by molar-refractivity contribution is -0.136. The number of pyridine rings is 1. The molecule has 0 bridgehead atoms. The smallest absolute Gasteiger partial charge is 0.307 e. The van der Waals surface area contributed by atoms with Crippen molar-refractivity contribution in [1.82, 2.24) is 9.97 Å². The molecule has 0 unspecified atom stereocenters. The van der Waals surface area contributed by atoms with E-state index in [0.29, 0.717) is 27.9 Å². The number of aliphatic carboxylic acids is 1. The van der Waals surface area contributed by atoms with Crippen LogP contribution in [0.1, 0.15) is 16.1 Å². The maximum absolute atomic E-state index is 13.9. The number of hydrogen-bond acceptors (Lipinski definition) is 4. The van der Waals surface area contributed by atoms with Crippen LogP contribution >= 0.6 is 23.7 Å². The molecule has 154 valence electrons. The van der Waals surface area contributed by atoms with Crippen molar-refractivity contribution in [3.8, 4) is 11.3 Å². The van der Waals surface area contributed by atoms with E-state index >= 15 is 0 Å². The van der Waals surface area contributed by atoms with E-state index in [1.54, 1.807) is 12.3 Å². The van der Waals surface area contributed by atoms with E-state index in [1.165, 1.54) is 0 Å². The molecule has 0 aliphatic heterocycles. The highest BCUT2D eigenvalue weighted by atomic mass is 35.5. The predicted molar refractivity (Wildman–Crippen MR) is 111 cm³/mol. The summed E-state index contributed by atoms with van der Waals surface area (Å²) in [7, 11) is 0. The zero-order chi connectivity index (χ0) is 20.5. The molecule has 9 heteroatoms. The summed E-state index contributed by atoms with van der Waals surface area (Å²) in [4.78, 5) is 19.7. The topological polar surface area (TPSA) is 63.1 Å². The van der Waals surface area contributed by atoms with Crippen molar-refractivity contribution in [2.45, 2.75) is 12.8 Å². The SMILES string of the molecule is Cl.O=C(O)Cc1cc(Cc2nc3c(F)c(F)cc(F)c3s2)cnc1-c1ccccc1. The highest BCUT2D eigenvalue weighted by Gasteiger charge is 2.18. The first-order valence-electron chi connectivity index (χ1n) is 8.60. The molecule has 2 aromatic carbocycles. The molecule has 1 N–H and O–H groups in total. The van der Waals surface area contributed by atoms with Crippen LogP contribution in [0.15, 0.2) is 48.7 Å². The summed E-state index contributed by atoms with van der Waals surface area (Å²) in [6, 6.07) is 11.4. The minimum Gasteiger partial charge on any atom is -0.481 e. The fourth-order valence-electron chi connectivity index (χ4n) is 3.09. The molecule has 0 aliphatic carbocycles. The number of nitrogens with zero attached hydrogens (tertiary/aromatic N) is 2. The minimum absolute atomic E-state index is 0. The second-order valence-corrected chi connectivity index (χ2v) is 7.49. The Morgan fingerprint density at radius 2 is 1.80 bits per heavy atom. The molecule has 30 heavy (non-hydrogen) atoms. The summed E-state index contributed by atoms with van der Waals surface area (Å²) in [5, 5.41) is 9.62. The Labute approximate surface area is 179 Å². The maximum atomic E-state index is 13.9. The fourth-order valence-corrected chi connectivity index (χ4v) is 4.09. The molecular formula is C21H14ClF3N2O2S. The third kappa shape index (κ3) is 4.29. The van der Waals surface area contributed by atoms with Gasteiger partial charge < -0.3 is 5.11 Å². The van der Waals surface area contributed by atoms with Gasteiger partial charge in [0.25, 0.3) is 0 Å². The molecule has 4 aromatic rings. The number of aromatic nitrogens is 2. The molecular weight excluding hydrogens is 437 g/mol. The average molecular weight is 451 g/mol. The first-order chi connectivity index (χ1) is 13.9. The molecule has 0 saturated carbocycles. The number of carboxylic acid groups (broad SMARTS) is 1. The second kappa shape index (κ2) is 8.81. The van der Waals surface area contributed by atoms with Gasteiger partial charge >= 0.3 is 5.97 Å². The monoisotopic (exact) mass is 450 g/mol. The van der Waals surface area contributed by atoms with Crippen LogP contribution in [0.5, 0.6) is 0 Å². The van der Waals surface area contributed by atoms with Gasteiger partial charge in [-0.2, -0.15) is 0 Å². The standard InChI is InChI=1S/C21H13F3N2O2S.ClH/c22-14-9-15(23)21-20(18(14)24)26-16(29-21)7-11-6-13(8-17(27)28)19(25-10-11)12-4-2-1-3-5-12;/h1-6,9-10H,7-8H2,(H,27,28);1H. The van der Waals surface area contributed by atoms with E-state index in [9.17, 15) is 23.1 Å². The van der Waals surface area contributed by atoms with Crippen molar-refractivity contribution in [2.24, 2.45) is 0 Å². The lowest BCUT2D eigenvalue weighted by Crippen LogP contribution is -2.04. The van der Waals surface area contributed by atoms with Gasteiger partial charge in [0.1, 0.15) is 11.3 Å². The summed E-state index contributed by atoms with van der Waals surface area (Å²) in [6.45, 7) is 0. The molecule has 0 spiro atoms. The first kappa shape index (κ1) is 21.7. The molecule has 2 aromatic heterocycles. The van der Waals surface area contributed by atoms with Crippen LogP contribution in [0, 0.1) is 17.5 Å². The lowest BCUT2D eigenvalue weighted by atomic mass is 10.0. The average Bonchev–Trinajstić information content (AvgIpc) is 3.11. The van der Waals surface area contributed by atoms with Crippen molar-refractivity contribution < 1.29 is 23.1 Å². The van der Waals surface area contributed by atoms with Gasteiger partial charge in [0.2, 0.25) is 0 Å². The van der Waals surface area contributed by atoms with Gasteiger partial charge in [0.05, 0.1) is 21.8 Å². The largest absolute Gasteiger partial charge is 0.481 e. The predicted octanol–water partition coefficient (Wildman–Crippen LogP) is 5.42. The zero-order valence-electron chi connectivity index (χ0n) is 15.2. The third-order valence-electron chi connectivity index (χ3n) is 4.33.